The first-order chi connectivity index (χ1) is 13.7. The van der Waals surface area contributed by atoms with Crippen LogP contribution in [0.25, 0.3) is 10.6 Å². The molecular formula is C23H24N2O2S. The minimum absolute atomic E-state index is 0.154. The van der Waals surface area contributed by atoms with E-state index in [9.17, 15) is 4.79 Å². The van der Waals surface area contributed by atoms with Crippen molar-refractivity contribution in [3.05, 3.63) is 71.2 Å². The molecule has 0 saturated heterocycles. The summed E-state index contributed by atoms with van der Waals surface area (Å²) in [5.41, 5.74) is 2.98. The molecule has 1 aromatic heterocycles. The Morgan fingerprint density at radius 2 is 1.89 bits per heavy atom. The van der Waals surface area contributed by atoms with Gasteiger partial charge in [-0.2, -0.15) is 0 Å². The molecule has 144 valence electrons. The van der Waals surface area contributed by atoms with Crippen LogP contribution in [0.15, 0.2) is 60.0 Å². The summed E-state index contributed by atoms with van der Waals surface area (Å²) in [5.74, 6) is 0.988. The fourth-order valence-corrected chi connectivity index (χ4v) is 4.13. The lowest BCUT2D eigenvalue weighted by Gasteiger charge is -2.22. The third kappa shape index (κ3) is 4.42. The summed E-state index contributed by atoms with van der Waals surface area (Å²) in [6.45, 7) is 3.26. The summed E-state index contributed by atoms with van der Waals surface area (Å²) in [6, 6.07) is 18.5. The molecule has 1 fully saturated rings. The molecule has 0 bridgehead atoms. The highest BCUT2D eigenvalue weighted by Gasteiger charge is 2.32. The zero-order valence-corrected chi connectivity index (χ0v) is 16.8. The van der Waals surface area contributed by atoms with Crippen molar-refractivity contribution in [3.8, 4) is 16.3 Å². The molecule has 4 rings (SSSR count). The SMILES string of the molecule is CCOc1ccccc1-c1nc(CC(=O)N(Cc2ccccc2)C2CC2)cs1. The van der Waals surface area contributed by atoms with Crippen molar-refractivity contribution in [1.82, 2.24) is 9.88 Å². The molecule has 0 unspecified atom stereocenters. The quantitative estimate of drug-likeness (QED) is 0.545. The van der Waals surface area contributed by atoms with Gasteiger partial charge in [0.25, 0.3) is 0 Å². The molecule has 3 aromatic rings. The fraction of sp³-hybridized carbons (Fsp3) is 0.304. The molecule has 1 amide bonds. The van der Waals surface area contributed by atoms with Gasteiger partial charge in [0.1, 0.15) is 10.8 Å². The average Bonchev–Trinajstić information content (AvgIpc) is 3.46. The third-order valence-corrected chi connectivity index (χ3v) is 5.73. The fourth-order valence-electron chi connectivity index (χ4n) is 3.28. The number of hydrogen-bond donors (Lipinski definition) is 0. The Balaban J connectivity index is 1.48. The average molecular weight is 393 g/mol. The van der Waals surface area contributed by atoms with Crippen LogP contribution in [-0.4, -0.2) is 28.4 Å². The van der Waals surface area contributed by atoms with E-state index in [0.717, 1.165) is 34.9 Å². The predicted octanol–water partition coefficient (Wildman–Crippen LogP) is 4.94. The summed E-state index contributed by atoms with van der Waals surface area (Å²) in [7, 11) is 0. The normalized spacial score (nSPS) is 13.3. The van der Waals surface area contributed by atoms with Crippen LogP contribution in [-0.2, 0) is 17.8 Å². The number of thiazole rings is 1. The molecule has 1 heterocycles. The first-order valence-electron chi connectivity index (χ1n) is 9.74. The molecule has 0 atom stereocenters. The van der Waals surface area contributed by atoms with Crippen molar-refractivity contribution in [3.63, 3.8) is 0 Å². The van der Waals surface area contributed by atoms with E-state index in [4.69, 9.17) is 9.72 Å². The van der Waals surface area contributed by atoms with Crippen LogP contribution in [0.4, 0.5) is 0 Å². The number of benzene rings is 2. The van der Waals surface area contributed by atoms with Crippen molar-refractivity contribution >= 4 is 17.2 Å². The lowest BCUT2D eigenvalue weighted by molar-refractivity contribution is -0.131. The van der Waals surface area contributed by atoms with Crippen LogP contribution >= 0.6 is 11.3 Å². The lowest BCUT2D eigenvalue weighted by Crippen LogP contribution is -2.33. The summed E-state index contributed by atoms with van der Waals surface area (Å²) < 4.78 is 5.72. The number of aromatic nitrogens is 1. The Labute approximate surface area is 169 Å². The number of para-hydroxylation sites is 1. The minimum atomic E-state index is 0.154. The van der Waals surface area contributed by atoms with E-state index in [1.54, 1.807) is 11.3 Å². The Hall–Kier alpha value is -2.66. The van der Waals surface area contributed by atoms with Gasteiger partial charge in [-0.15, -0.1) is 11.3 Å². The second-order valence-electron chi connectivity index (χ2n) is 6.99. The number of hydrogen-bond acceptors (Lipinski definition) is 4. The number of rotatable bonds is 8. The standard InChI is InChI=1S/C23H24N2O2S/c1-2-27-21-11-7-6-10-20(21)23-24-18(16-28-23)14-22(26)25(19-12-13-19)15-17-8-4-3-5-9-17/h3-11,16,19H,2,12-15H2,1H3. The van der Waals surface area contributed by atoms with Gasteiger partial charge in [0, 0.05) is 18.0 Å². The zero-order chi connectivity index (χ0) is 19.3. The molecular weight excluding hydrogens is 368 g/mol. The molecule has 1 saturated carbocycles. The molecule has 0 radical (unpaired) electrons. The van der Waals surface area contributed by atoms with Crippen LogP contribution in [0.5, 0.6) is 5.75 Å². The number of carbonyl (C=O) groups is 1. The maximum atomic E-state index is 13.0. The van der Waals surface area contributed by atoms with Gasteiger partial charge in [-0.1, -0.05) is 42.5 Å². The number of amides is 1. The Morgan fingerprint density at radius 3 is 2.64 bits per heavy atom. The first-order valence-corrected chi connectivity index (χ1v) is 10.6. The Bertz CT molecular complexity index is 935. The van der Waals surface area contributed by atoms with Gasteiger partial charge in [0.2, 0.25) is 5.91 Å². The van der Waals surface area contributed by atoms with Crippen molar-refractivity contribution in [2.75, 3.05) is 6.61 Å². The maximum Gasteiger partial charge on any atom is 0.229 e. The van der Waals surface area contributed by atoms with Gasteiger partial charge < -0.3 is 9.64 Å². The second-order valence-corrected chi connectivity index (χ2v) is 7.85. The van der Waals surface area contributed by atoms with E-state index in [0.29, 0.717) is 25.6 Å². The van der Waals surface area contributed by atoms with Crippen LogP contribution in [0.3, 0.4) is 0 Å². The molecule has 4 nitrogen and oxygen atoms in total. The van der Waals surface area contributed by atoms with Gasteiger partial charge in [-0.3, -0.25) is 4.79 Å². The van der Waals surface area contributed by atoms with E-state index in [1.807, 2.05) is 59.7 Å². The number of nitrogens with zero attached hydrogens (tertiary/aromatic N) is 2. The highest BCUT2D eigenvalue weighted by Crippen LogP contribution is 2.33. The first kappa shape index (κ1) is 18.7. The maximum absolute atomic E-state index is 13.0. The van der Waals surface area contributed by atoms with E-state index in [-0.39, 0.29) is 5.91 Å². The predicted molar refractivity (Wildman–Crippen MR) is 112 cm³/mol. The molecule has 0 N–H and O–H groups in total. The number of ether oxygens (including phenoxy) is 1. The Kier molecular flexibility index (Phi) is 5.72. The van der Waals surface area contributed by atoms with Crippen LogP contribution in [0.2, 0.25) is 0 Å². The van der Waals surface area contributed by atoms with Crippen molar-refractivity contribution in [2.45, 2.75) is 38.8 Å². The molecule has 1 aliphatic carbocycles. The molecule has 2 aromatic carbocycles. The molecule has 5 heteroatoms. The van der Waals surface area contributed by atoms with E-state index in [2.05, 4.69) is 12.1 Å². The molecule has 0 aliphatic heterocycles. The van der Waals surface area contributed by atoms with E-state index >= 15 is 0 Å². The van der Waals surface area contributed by atoms with E-state index in [1.165, 1.54) is 5.56 Å². The molecule has 1 aliphatic rings. The number of carbonyl (C=O) groups excluding carboxylic acids is 1. The summed E-state index contributed by atoms with van der Waals surface area (Å²) >= 11 is 1.56. The van der Waals surface area contributed by atoms with Crippen LogP contribution in [0, 0.1) is 0 Å². The molecule has 28 heavy (non-hydrogen) atoms. The van der Waals surface area contributed by atoms with E-state index < -0.39 is 0 Å². The van der Waals surface area contributed by atoms with Gasteiger partial charge in [0.15, 0.2) is 0 Å². The summed E-state index contributed by atoms with van der Waals surface area (Å²) in [6.07, 6.45) is 2.54. The van der Waals surface area contributed by atoms with Crippen molar-refractivity contribution in [2.24, 2.45) is 0 Å². The van der Waals surface area contributed by atoms with Gasteiger partial charge in [-0.05, 0) is 37.5 Å². The molecule has 0 spiro atoms. The highest BCUT2D eigenvalue weighted by atomic mass is 32.1. The summed E-state index contributed by atoms with van der Waals surface area (Å²) in [4.78, 5) is 19.7. The highest BCUT2D eigenvalue weighted by molar-refractivity contribution is 7.13. The van der Waals surface area contributed by atoms with Crippen LogP contribution in [0.1, 0.15) is 31.0 Å². The van der Waals surface area contributed by atoms with Gasteiger partial charge >= 0.3 is 0 Å². The zero-order valence-electron chi connectivity index (χ0n) is 16.0. The van der Waals surface area contributed by atoms with Gasteiger partial charge in [-0.25, -0.2) is 4.98 Å². The summed E-state index contributed by atoms with van der Waals surface area (Å²) in [5, 5.41) is 2.89. The largest absolute Gasteiger partial charge is 0.493 e. The monoisotopic (exact) mass is 392 g/mol. The lowest BCUT2D eigenvalue weighted by atomic mass is 10.2. The smallest absolute Gasteiger partial charge is 0.229 e. The third-order valence-electron chi connectivity index (χ3n) is 4.81. The van der Waals surface area contributed by atoms with Crippen molar-refractivity contribution in [1.29, 1.82) is 0 Å². The minimum Gasteiger partial charge on any atom is -0.493 e. The van der Waals surface area contributed by atoms with Crippen LogP contribution < -0.4 is 4.74 Å². The second kappa shape index (κ2) is 8.57. The Morgan fingerprint density at radius 1 is 1.14 bits per heavy atom. The van der Waals surface area contributed by atoms with Gasteiger partial charge in [0.05, 0.1) is 24.3 Å². The topological polar surface area (TPSA) is 42.4 Å². The van der Waals surface area contributed by atoms with Crippen molar-refractivity contribution < 1.29 is 9.53 Å².